The molecule has 0 spiro atoms. The number of hydrazine groups is 1. The van der Waals surface area contributed by atoms with Gasteiger partial charge in [0.25, 0.3) is 0 Å². The number of ether oxygens (including phenoxy) is 1. The summed E-state index contributed by atoms with van der Waals surface area (Å²) >= 11 is 0. The van der Waals surface area contributed by atoms with Gasteiger partial charge in [0, 0.05) is 30.9 Å². The van der Waals surface area contributed by atoms with Gasteiger partial charge in [0.1, 0.15) is 6.33 Å². The summed E-state index contributed by atoms with van der Waals surface area (Å²) in [5.74, 6) is 1.27. The first-order chi connectivity index (χ1) is 13.6. The van der Waals surface area contributed by atoms with Gasteiger partial charge in [0.2, 0.25) is 11.6 Å². The molecule has 1 aliphatic heterocycles. The van der Waals surface area contributed by atoms with Crippen LogP contribution in [0, 0.1) is 6.92 Å². The lowest BCUT2D eigenvalue weighted by Gasteiger charge is -2.16. The third-order valence-electron chi connectivity index (χ3n) is 4.64. The van der Waals surface area contributed by atoms with Crippen LogP contribution in [0.1, 0.15) is 36.7 Å². The average Bonchev–Trinajstić information content (AvgIpc) is 3.33. The Morgan fingerprint density at radius 1 is 1.32 bits per heavy atom. The summed E-state index contributed by atoms with van der Waals surface area (Å²) in [6.45, 7) is 7.27. The topological polar surface area (TPSA) is 122 Å². The third-order valence-corrected chi connectivity index (χ3v) is 4.64. The molecule has 1 aliphatic rings. The van der Waals surface area contributed by atoms with Crippen molar-refractivity contribution in [1.82, 2.24) is 35.4 Å². The molecule has 0 bridgehead atoms. The number of aliphatic hydroxyl groups is 1. The molecule has 0 amide bonds. The van der Waals surface area contributed by atoms with Gasteiger partial charge in [-0.1, -0.05) is 0 Å². The molecule has 3 aromatic rings. The lowest BCUT2D eigenvalue weighted by atomic mass is 10.1. The van der Waals surface area contributed by atoms with Crippen LogP contribution in [-0.4, -0.2) is 48.9 Å². The van der Waals surface area contributed by atoms with Gasteiger partial charge in [-0.2, -0.15) is 9.50 Å². The third kappa shape index (κ3) is 3.49. The van der Waals surface area contributed by atoms with E-state index >= 15 is 0 Å². The number of hydrogen-bond acceptors (Lipinski definition) is 9. The van der Waals surface area contributed by atoms with Crippen LogP contribution < -0.4 is 20.9 Å². The molecule has 0 atom stereocenters. The molecule has 4 N–H and O–H groups in total. The molecule has 3 aromatic heterocycles. The molecule has 0 unspecified atom stereocenters. The first-order valence-corrected chi connectivity index (χ1v) is 9.26. The Morgan fingerprint density at radius 3 is 2.82 bits per heavy atom. The van der Waals surface area contributed by atoms with Gasteiger partial charge in [-0.3, -0.25) is 15.8 Å². The van der Waals surface area contributed by atoms with Crippen LogP contribution >= 0.6 is 0 Å². The highest BCUT2D eigenvalue weighted by molar-refractivity contribution is 5.63. The first kappa shape index (κ1) is 18.5. The minimum absolute atomic E-state index is 0.0169. The maximum Gasteiger partial charge on any atom is 0.247 e. The smallest absolute Gasteiger partial charge is 0.247 e. The maximum absolute atomic E-state index is 9.42. The van der Waals surface area contributed by atoms with Crippen molar-refractivity contribution in [3.63, 3.8) is 0 Å². The van der Waals surface area contributed by atoms with Crippen LogP contribution in [0.3, 0.4) is 0 Å². The fourth-order valence-electron chi connectivity index (χ4n) is 3.19. The molecular weight excluding hydrogens is 360 g/mol. The molecule has 4 heterocycles. The highest BCUT2D eigenvalue weighted by Gasteiger charge is 2.26. The highest BCUT2D eigenvalue weighted by Crippen LogP contribution is 2.31. The van der Waals surface area contributed by atoms with E-state index in [1.165, 1.54) is 0 Å². The van der Waals surface area contributed by atoms with Crippen LogP contribution in [0.25, 0.3) is 5.65 Å². The zero-order valence-electron chi connectivity index (χ0n) is 16.1. The molecule has 148 valence electrons. The fourth-order valence-corrected chi connectivity index (χ4v) is 3.19. The standard InChI is InChI=1S/C18H24N8O2/c1-10(2)28-16-15(12-6-21-22-7-12)20-9-26-17(16)24-18(25-26)23-13-4-5-19-14(8-27)11(13)3/h4-5,9-10,12,21-22,27H,6-8H2,1-3H3,(H,19,23,25). The number of pyridine rings is 1. The summed E-state index contributed by atoms with van der Waals surface area (Å²) in [4.78, 5) is 13.4. The number of nitrogens with one attached hydrogen (secondary N) is 3. The minimum Gasteiger partial charge on any atom is -0.485 e. The zero-order chi connectivity index (χ0) is 19.7. The second-order valence-corrected chi connectivity index (χ2v) is 7.00. The normalized spacial score (nSPS) is 14.9. The van der Waals surface area contributed by atoms with Crippen LogP contribution in [0.4, 0.5) is 11.6 Å². The number of fused-ring (bicyclic) bond motifs is 1. The van der Waals surface area contributed by atoms with Crippen molar-refractivity contribution in [2.24, 2.45) is 0 Å². The summed E-state index contributed by atoms with van der Waals surface area (Å²) in [5.41, 5.74) is 9.98. The summed E-state index contributed by atoms with van der Waals surface area (Å²) in [6.07, 6.45) is 3.29. The molecule has 10 nitrogen and oxygen atoms in total. The molecule has 1 saturated heterocycles. The van der Waals surface area contributed by atoms with E-state index in [1.807, 2.05) is 26.8 Å². The number of nitrogens with zero attached hydrogens (tertiary/aromatic N) is 5. The van der Waals surface area contributed by atoms with Crippen molar-refractivity contribution in [3.05, 3.63) is 35.5 Å². The van der Waals surface area contributed by atoms with E-state index in [9.17, 15) is 5.11 Å². The summed E-state index contributed by atoms with van der Waals surface area (Å²) in [7, 11) is 0. The van der Waals surface area contributed by atoms with Crippen molar-refractivity contribution in [3.8, 4) is 5.75 Å². The Hall–Kier alpha value is -2.82. The molecule has 4 rings (SSSR count). The summed E-state index contributed by atoms with van der Waals surface area (Å²) < 4.78 is 7.70. The lowest BCUT2D eigenvalue weighted by molar-refractivity contribution is 0.239. The average molecular weight is 384 g/mol. The number of rotatable bonds is 6. The predicted molar refractivity (Wildman–Crippen MR) is 103 cm³/mol. The Morgan fingerprint density at radius 2 is 2.11 bits per heavy atom. The fraction of sp³-hybridized carbons (Fsp3) is 0.444. The zero-order valence-corrected chi connectivity index (χ0v) is 16.1. The van der Waals surface area contributed by atoms with Gasteiger partial charge < -0.3 is 15.2 Å². The van der Waals surface area contributed by atoms with E-state index in [4.69, 9.17) is 4.74 Å². The minimum atomic E-state index is -0.122. The van der Waals surface area contributed by atoms with Gasteiger partial charge in [-0.05, 0) is 32.4 Å². The van der Waals surface area contributed by atoms with E-state index in [2.05, 4.69) is 36.2 Å². The molecule has 0 aliphatic carbocycles. The van der Waals surface area contributed by atoms with E-state index < -0.39 is 0 Å². The molecule has 0 radical (unpaired) electrons. The SMILES string of the molecule is Cc1c(Nc2nc3c(OC(C)C)c(C4CNNC4)ncn3n2)ccnc1CO. The van der Waals surface area contributed by atoms with E-state index in [0.29, 0.717) is 23.0 Å². The second kappa shape index (κ2) is 7.66. The number of aliphatic hydroxyl groups excluding tert-OH is 1. The Labute approximate surface area is 162 Å². The molecule has 0 aromatic carbocycles. The van der Waals surface area contributed by atoms with Crippen molar-refractivity contribution in [1.29, 1.82) is 0 Å². The van der Waals surface area contributed by atoms with Crippen LogP contribution in [0.15, 0.2) is 18.6 Å². The maximum atomic E-state index is 9.42. The largest absolute Gasteiger partial charge is 0.485 e. The van der Waals surface area contributed by atoms with Crippen molar-refractivity contribution < 1.29 is 9.84 Å². The Balaban J connectivity index is 1.74. The molecule has 28 heavy (non-hydrogen) atoms. The lowest BCUT2D eigenvalue weighted by Crippen LogP contribution is -2.21. The van der Waals surface area contributed by atoms with Gasteiger partial charge in [0.15, 0.2) is 5.75 Å². The summed E-state index contributed by atoms with van der Waals surface area (Å²) in [6, 6.07) is 1.82. The molecule has 0 saturated carbocycles. The molecule has 1 fully saturated rings. The number of aromatic nitrogens is 5. The van der Waals surface area contributed by atoms with Gasteiger partial charge >= 0.3 is 0 Å². The predicted octanol–water partition coefficient (Wildman–Crippen LogP) is 1.04. The van der Waals surface area contributed by atoms with E-state index in [1.54, 1.807) is 17.0 Å². The Bertz CT molecular complexity index is 981. The monoisotopic (exact) mass is 384 g/mol. The van der Waals surface area contributed by atoms with E-state index in [0.717, 1.165) is 30.0 Å². The van der Waals surface area contributed by atoms with Crippen LogP contribution in [-0.2, 0) is 6.61 Å². The first-order valence-electron chi connectivity index (χ1n) is 9.26. The molecular formula is C18H24N8O2. The highest BCUT2D eigenvalue weighted by atomic mass is 16.5. The quantitative estimate of drug-likeness (QED) is 0.494. The number of hydrogen-bond donors (Lipinski definition) is 4. The van der Waals surface area contributed by atoms with Crippen molar-refractivity contribution in [2.45, 2.75) is 39.4 Å². The molecule has 10 heteroatoms. The van der Waals surface area contributed by atoms with Gasteiger partial charge in [0.05, 0.1) is 24.1 Å². The van der Waals surface area contributed by atoms with Crippen molar-refractivity contribution >= 4 is 17.3 Å². The number of anilines is 2. The van der Waals surface area contributed by atoms with Gasteiger partial charge in [-0.15, -0.1) is 5.10 Å². The second-order valence-electron chi connectivity index (χ2n) is 7.00. The van der Waals surface area contributed by atoms with Crippen molar-refractivity contribution in [2.75, 3.05) is 18.4 Å². The van der Waals surface area contributed by atoms with E-state index in [-0.39, 0.29) is 18.6 Å². The Kier molecular flexibility index (Phi) is 5.07. The van der Waals surface area contributed by atoms with Crippen LogP contribution in [0.2, 0.25) is 0 Å². The van der Waals surface area contributed by atoms with Crippen LogP contribution in [0.5, 0.6) is 5.75 Å². The van der Waals surface area contributed by atoms with Gasteiger partial charge in [-0.25, -0.2) is 4.98 Å². The summed E-state index contributed by atoms with van der Waals surface area (Å²) in [5, 5.41) is 17.1.